The number of alkyl halides is 2. The Hall–Kier alpha value is -1.05. The third kappa shape index (κ3) is 22.4. The van der Waals surface area contributed by atoms with Gasteiger partial charge in [-0.15, -0.1) is 0 Å². The van der Waals surface area contributed by atoms with Gasteiger partial charge in [-0.05, 0) is 43.8 Å². The molecule has 1 aliphatic heterocycles. The Morgan fingerprint density at radius 1 is 0.692 bits per heavy atom. The first-order chi connectivity index (χ1) is 25.0. The molecule has 5 unspecified atom stereocenters. The average molecular weight is 753 g/mol. The highest BCUT2D eigenvalue weighted by atomic mass is 19.3. The lowest BCUT2D eigenvalue weighted by molar-refractivity contribution is -0.303. The summed E-state index contributed by atoms with van der Waals surface area (Å²) in [6.45, 7) is 4.68. The molecular formula is C41H75F3O8. The maximum absolute atomic E-state index is 15.2. The second kappa shape index (κ2) is 31.2. The van der Waals surface area contributed by atoms with E-state index in [1.165, 1.54) is 57.4 Å². The summed E-state index contributed by atoms with van der Waals surface area (Å²) in [6, 6.07) is 0. The molecule has 0 bridgehead atoms. The molecule has 1 aliphatic rings. The standard InChI is InChI=1S/C41H75F3O8/c1-3-4-5-6-7-8-9-10-15-18-21-24-27-34(46)36(47)32(30-51-41-39(50)38(49)37(48)35(29-45)52-41)28-33(42)26-23-20-17-14-12-11-13-16-19-22-25-31(2)40(43)44/h28,32,34-41,45-50H,2-27,29-30H2,1H3/b33-28+/t32-,34+,35?,36-,37?,38?,39?,41?/m0/s1. The molecule has 52 heavy (non-hydrogen) atoms. The zero-order valence-corrected chi connectivity index (χ0v) is 32.2. The van der Waals surface area contributed by atoms with E-state index < -0.39 is 67.7 Å². The molecule has 6 N–H and O–H groups in total. The molecule has 0 aromatic rings. The molecule has 0 amide bonds. The minimum atomic E-state index is -2.43. The number of halogens is 3. The molecule has 11 heteroatoms. The molecule has 0 spiro atoms. The van der Waals surface area contributed by atoms with Gasteiger partial charge in [0.1, 0.15) is 24.4 Å². The minimum absolute atomic E-state index is 0.0157. The van der Waals surface area contributed by atoms with E-state index in [0.29, 0.717) is 19.3 Å². The topological polar surface area (TPSA) is 140 Å². The van der Waals surface area contributed by atoms with E-state index in [1.54, 1.807) is 0 Å². The largest absolute Gasteiger partial charge is 0.394 e. The first kappa shape index (κ1) is 49.0. The molecule has 8 nitrogen and oxygen atoms in total. The van der Waals surface area contributed by atoms with Crippen molar-refractivity contribution in [3.63, 3.8) is 0 Å². The third-order valence-electron chi connectivity index (χ3n) is 10.4. The van der Waals surface area contributed by atoms with E-state index in [9.17, 15) is 39.4 Å². The molecule has 0 aliphatic carbocycles. The van der Waals surface area contributed by atoms with Gasteiger partial charge in [0.15, 0.2) is 6.29 Å². The summed E-state index contributed by atoms with van der Waals surface area (Å²) in [7, 11) is 0. The van der Waals surface area contributed by atoms with Crippen LogP contribution in [0.3, 0.4) is 0 Å². The maximum Gasteiger partial charge on any atom is 0.259 e. The van der Waals surface area contributed by atoms with Crippen molar-refractivity contribution < 1.29 is 53.3 Å². The summed E-state index contributed by atoms with van der Waals surface area (Å²) in [5.41, 5.74) is 0.0157. The van der Waals surface area contributed by atoms with Crippen LogP contribution in [-0.4, -0.2) is 93.2 Å². The summed E-state index contributed by atoms with van der Waals surface area (Å²) < 4.78 is 51.2. The van der Waals surface area contributed by atoms with Crippen molar-refractivity contribution in [3.8, 4) is 0 Å². The summed E-state index contributed by atoms with van der Waals surface area (Å²) in [4.78, 5) is 0. The monoisotopic (exact) mass is 753 g/mol. The van der Waals surface area contributed by atoms with Gasteiger partial charge in [0, 0.05) is 5.92 Å². The predicted molar refractivity (Wildman–Crippen MR) is 201 cm³/mol. The van der Waals surface area contributed by atoms with Gasteiger partial charge in [-0.25, -0.2) is 13.2 Å². The van der Waals surface area contributed by atoms with Gasteiger partial charge in [0.25, 0.3) is 6.43 Å². The molecule has 1 fully saturated rings. The molecule has 308 valence electrons. The van der Waals surface area contributed by atoms with Crippen LogP contribution >= 0.6 is 0 Å². The number of aliphatic hydroxyl groups excluding tert-OH is 6. The highest BCUT2D eigenvalue weighted by molar-refractivity contribution is 5.00. The highest BCUT2D eigenvalue weighted by Crippen LogP contribution is 2.26. The van der Waals surface area contributed by atoms with E-state index >= 15 is 4.39 Å². The smallest absolute Gasteiger partial charge is 0.259 e. The van der Waals surface area contributed by atoms with Gasteiger partial charge in [0.2, 0.25) is 0 Å². The fraction of sp³-hybridized carbons (Fsp3) is 0.902. The molecule has 1 heterocycles. The average Bonchev–Trinajstić information content (AvgIpc) is 3.13. The lowest BCUT2D eigenvalue weighted by atomic mass is 9.93. The Kier molecular flexibility index (Phi) is 29.4. The Bertz CT molecular complexity index is 892. The van der Waals surface area contributed by atoms with Crippen LogP contribution in [-0.2, 0) is 9.47 Å². The van der Waals surface area contributed by atoms with E-state index in [2.05, 4.69) is 13.5 Å². The first-order valence-electron chi connectivity index (χ1n) is 20.6. The van der Waals surface area contributed by atoms with Crippen LogP contribution < -0.4 is 0 Å². The second-order valence-corrected chi connectivity index (χ2v) is 15.0. The molecule has 1 saturated heterocycles. The van der Waals surface area contributed by atoms with E-state index in [0.717, 1.165) is 83.5 Å². The van der Waals surface area contributed by atoms with Gasteiger partial charge < -0.3 is 40.1 Å². The predicted octanol–water partition coefficient (Wildman–Crippen LogP) is 8.59. The lowest BCUT2D eigenvalue weighted by Crippen LogP contribution is -2.59. The Labute approximate surface area is 312 Å². The molecule has 0 aromatic carbocycles. The molecule has 0 aromatic heterocycles. The fourth-order valence-electron chi connectivity index (χ4n) is 6.79. The third-order valence-corrected chi connectivity index (χ3v) is 10.4. The summed E-state index contributed by atoms with van der Waals surface area (Å²) in [5.74, 6) is -1.40. The van der Waals surface area contributed by atoms with Crippen LogP contribution in [0.25, 0.3) is 0 Å². The zero-order valence-electron chi connectivity index (χ0n) is 32.2. The minimum Gasteiger partial charge on any atom is -0.394 e. The number of aliphatic hydroxyl groups is 6. The van der Waals surface area contributed by atoms with Gasteiger partial charge in [-0.1, -0.05) is 142 Å². The van der Waals surface area contributed by atoms with Crippen LogP contribution in [0.2, 0.25) is 0 Å². The fourth-order valence-corrected chi connectivity index (χ4v) is 6.79. The summed E-state index contributed by atoms with van der Waals surface area (Å²) in [5, 5.41) is 62.0. The second-order valence-electron chi connectivity index (χ2n) is 15.0. The van der Waals surface area contributed by atoms with Crippen molar-refractivity contribution in [1.29, 1.82) is 0 Å². The molecule has 0 radical (unpaired) electrons. The van der Waals surface area contributed by atoms with Crippen molar-refractivity contribution in [2.45, 2.75) is 217 Å². The Morgan fingerprint density at radius 3 is 1.63 bits per heavy atom. The SMILES string of the molecule is C=C(CCCCCCCCCCCC/C(F)=C\[C@@H](COC1OC(CO)C(O)C(O)C1O)[C@H](O)[C@H](O)CCCCCCCCCCCCCC)C(F)F. The summed E-state index contributed by atoms with van der Waals surface area (Å²) in [6.07, 6.45) is 13.3. The van der Waals surface area contributed by atoms with Crippen LogP contribution in [0.1, 0.15) is 167 Å². The van der Waals surface area contributed by atoms with Crippen molar-refractivity contribution >= 4 is 0 Å². The molecular weight excluding hydrogens is 677 g/mol. The van der Waals surface area contributed by atoms with E-state index in [4.69, 9.17) is 9.47 Å². The number of hydrogen-bond acceptors (Lipinski definition) is 8. The van der Waals surface area contributed by atoms with Crippen molar-refractivity contribution in [1.82, 2.24) is 0 Å². The van der Waals surface area contributed by atoms with Crippen molar-refractivity contribution in [2.24, 2.45) is 5.92 Å². The summed E-state index contributed by atoms with van der Waals surface area (Å²) >= 11 is 0. The number of hydrogen-bond donors (Lipinski definition) is 6. The van der Waals surface area contributed by atoms with Crippen molar-refractivity contribution in [2.75, 3.05) is 13.2 Å². The Balaban J connectivity index is 2.50. The van der Waals surface area contributed by atoms with Gasteiger partial charge in [-0.3, -0.25) is 0 Å². The van der Waals surface area contributed by atoms with E-state index in [1.807, 2.05) is 0 Å². The molecule has 0 saturated carbocycles. The lowest BCUT2D eigenvalue weighted by Gasteiger charge is -2.40. The van der Waals surface area contributed by atoms with Crippen LogP contribution in [0.4, 0.5) is 13.2 Å². The van der Waals surface area contributed by atoms with Gasteiger partial charge >= 0.3 is 0 Å². The zero-order chi connectivity index (χ0) is 38.6. The number of allylic oxidation sites excluding steroid dienone is 2. The van der Waals surface area contributed by atoms with Gasteiger partial charge in [0.05, 0.1) is 31.2 Å². The molecule has 1 rings (SSSR count). The first-order valence-corrected chi connectivity index (χ1v) is 20.6. The van der Waals surface area contributed by atoms with Gasteiger partial charge in [-0.2, -0.15) is 0 Å². The van der Waals surface area contributed by atoms with Crippen LogP contribution in [0, 0.1) is 5.92 Å². The number of unbranched alkanes of at least 4 members (excludes halogenated alkanes) is 20. The molecule has 8 atom stereocenters. The highest BCUT2D eigenvalue weighted by Gasteiger charge is 2.44. The number of rotatable bonds is 34. The maximum atomic E-state index is 15.2. The van der Waals surface area contributed by atoms with Crippen LogP contribution in [0.15, 0.2) is 24.1 Å². The van der Waals surface area contributed by atoms with Crippen molar-refractivity contribution in [3.05, 3.63) is 24.1 Å². The normalized spacial score (nSPS) is 22.9. The quantitative estimate of drug-likeness (QED) is 0.0284. The van der Waals surface area contributed by atoms with E-state index in [-0.39, 0.29) is 18.6 Å². The Morgan fingerprint density at radius 2 is 1.15 bits per heavy atom. The number of ether oxygens (including phenoxy) is 2. The van der Waals surface area contributed by atoms with Crippen LogP contribution in [0.5, 0.6) is 0 Å².